The number of carbonyl (C=O) groups excluding carboxylic acids is 1. The summed E-state index contributed by atoms with van der Waals surface area (Å²) in [6.07, 6.45) is 1.52. The van der Waals surface area contributed by atoms with Crippen LogP contribution in [0.3, 0.4) is 0 Å². The Labute approximate surface area is 134 Å². The Morgan fingerprint density at radius 3 is 2.74 bits per heavy atom. The van der Waals surface area contributed by atoms with E-state index in [1.807, 2.05) is 6.07 Å². The minimum atomic E-state index is -0.280. The van der Waals surface area contributed by atoms with E-state index in [-0.39, 0.29) is 11.6 Å². The topological polar surface area (TPSA) is 98.5 Å². The van der Waals surface area contributed by atoms with Gasteiger partial charge in [0.2, 0.25) is 0 Å². The van der Waals surface area contributed by atoms with E-state index in [1.165, 1.54) is 6.20 Å². The molecule has 0 saturated carbocycles. The molecule has 0 aliphatic carbocycles. The van der Waals surface area contributed by atoms with E-state index < -0.39 is 0 Å². The average Bonchev–Trinajstić information content (AvgIpc) is 2.55. The van der Waals surface area contributed by atoms with Gasteiger partial charge in [-0.1, -0.05) is 0 Å². The molecular weight excluding hydrogens is 296 g/mol. The highest BCUT2D eigenvalue weighted by Gasteiger charge is 2.09. The SMILES string of the molecule is CNc1ccc(Oc2ccnc(C(=O)NCCOC)c2)cc1N. The van der Waals surface area contributed by atoms with Gasteiger partial charge in [0.15, 0.2) is 0 Å². The van der Waals surface area contributed by atoms with Crippen LogP contribution in [0.4, 0.5) is 11.4 Å². The molecule has 122 valence electrons. The molecule has 23 heavy (non-hydrogen) atoms. The maximum atomic E-state index is 11.9. The van der Waals surface area contributed by atoms with E-state index in [2.05, 4.69) is 15.6 Å². The normalized spacial score (nSPS) is 10.2. The van der Waals surface area contributed by atoms with E-state index in [1.54, 1.807) is 38.4 Å². The van der Waals surface area contributed by atoms with Gasteiger partial charge >= 0.3 is 0 Å². The number of nitrogens with two attached hydrogens (primary N) is 1. The number of carbonyl (C=O) groups is 1. The summed E-state index contributed by atoms with van der Waals surface area (Å²) in [7, 11) is 3.37. The number of pyridine rings is 1. The molecule has 7 nitrogen and oxygen atoms in total. The van der Waals surface area contributed by atoms with E-state index in [0.717, 1.165) is 5.69 Å². The number of aromatic nitrogens is 1. The van der Waals surface area contributed by atoms with Crippen molar-refractivity contribution in [2.75, 3.05) is 38.4 Å². The van der Waals surface area contributed by atoms with Crippen molar-refractivity contribution in [1.29, 1.82) is 0 Å². The number of methoxy groups -OCH3 is 1. The molecule has 0 aliphatic rings. The fourth-order valence-corrected chi connectivity index (χ4v) is 1.92. The number of hydrogen-bond acceptors (Lipinski definition) is 6. The first-order valence-corrected chi connectivity index (χ1v) is 7.12. The highest BCUT2D eigenvalue weighted by atomic mass is 16.5. The highest BCUT2D eigenvalue weighted by Crippen LogP contribution is 2.27. The lowest BCUT2D eigenvalue weighted by Crippen LogP contribution is -2.27. The molecule has 0 aliphatic heterocycles. The second kappa shape index (κ2) is 8.00. The minimum absolute atomic E-state index is 0.276. The highest BCUT2D eigenvalue weighted by molar-refractivity contribution is 5.92. The molecule has 1 aromatic carbocycles. The number of anilines is 2. The van der Waals surface area contributed by atoms with E-state index in [4.69, 9.17) is 15.2 Å². The van der Waals surface area contributed by atoms with Crippen molar-refractivity contribution >= 4 is 17.3 Å². The number of ether oxygens (including phenoxy) is 2. The molecule has 1 heterocycles. The van der Waals surface area contributed by atoms with Crippen LogP contribution < -0.4 is 21.1 Å². The molecule has 7 heteroatoms. The fourth-order valence-electron chi connectivity index (χ4n) is 1.92. The first-order valence-electron chi connectivity index (χ1n) is 7.12. The second-order valence-electron chi connectivity index (χ2n) is 4.73. The zero-order valence-electron chi connectivity index (χ0n) is 13.1. The summed E-state index contributed by atoms with van der Waals surface area (Å²) < 4.78 is 10.6. The first kappa shape index (κ1) is 16.6. The van der Waals surface area contributed by atoms with Gasteiger partial charge in [-0.25, -0.2) is 0 Å². The number of nitrogens with zero attached hydrogens (tertiary/aromatic N) is 1. The monoisotopic (exact) mass is 316 g/mol. The molecule has 0 saturated heterocycles. The molecule has 1 aromatic heterocycles. The smallest absolute Gasteiger partial charge is 0.270 e. The maximum absolute atomic E-state index is 11.9. The Morgan fingerprint density at radius 1 is 1.26 bits per heavy atom. The summed E-state index contributed by atoms with van der Waals surface area (Å²) in [6.45, 7) is 0.864. The Kier molecular flexibility index (Phi) is 5.76. The van der Waals surface area contributed by atoms with Gasteiger partial charge in [-0.05, 0) is 18.2 Å². The predicted molar refractivity (Wildman–Crippen MR) is 88.9 cm³/mol. The van der Waals surface area contributed by atoms with Crippen molar-refractivity contribution in [1.82, 2.24) is 10.3 Å². The maximum Gasteiger partial charge on any atom is 0.270 e. The lowest BCUT2D eigenvalue weighted by molar-refractivity contribution is 0.0932. The Hall–Kier alpha value is -2.80. The third-order valence-corrected chi connectivity index (χ3v) is 3.08. The summed E-state index contributed by atoms with van der Waals surface area (Å²) in [5.41, 5.74) is 7.58. The van der Waals surface area contributed by atoms with Gasteiger partial charge in [-0.15, -0.1) is 0 Å². The van der Waals surface area contributed by atoms with Crippen LogP contribution in [0.15, 0.2) is 36.5 Å². The van der Waals surface area contributed by atoms with Crippen LogP contribution in [0, 0.1) is 0 Å². The molecule has 0 fully saturated rings. The van der Waals surface area contributed by atoms with Gasteiger partial charge in [0, 0.05) is 39.0 Å². The van der Waals surface area contributed by atoms with Gasteiger partial charge in [0.05, 0.1) is 18.0 Å². The molecule has 1 amide bonds. The van der Waals surface area contributed by atoms with Crippen LogP contribution in [0.25, 0.3) is 0 Å². The predicted octanol–water partition coefficient (Wildman–Crippen LogP) is 1.87. The molecule has 2 aromatic rings. The van der Waals surface area contributed by atoms with Crippen molar-refractivity contribution in [2.24, 2.45) is 0 Å². The van der Waals surface area contributed by atoms with Crippen LogP contribution >= 0.6 is 0 Å². The van der Waals surface area contributed by atoms with Gasteiger partial charge in [-0.2, -0.15) is 0 Å². The number of benzene rings is 1. The first-order chi connectivity index (χ1) is 11.1. The van der Waals surface area contributed by atoms with Crippen LogP contribution in [0.1, 0.15) is 10.5 Å². The van der Waals surface area contributed by atoms with Gasteiger partial charge in [0.25, 0.3) is 5.91 Å². The van der Waals surface area contributed by atoms with Crippen molar-refractivity contribution in [3.05, 3.63) is 42.2 Å². The van der Waals surface area contributed by atoms with Crippen molar-refractivity contribution in [3.63, 3.8) is 0 Å². The second-order valence-corrected chi connectivity index (χ2v) is 4.73. The molecule has 0 atom stereocenters. The fraction of sp³-hybridized carbons (Fsp3) is 0.250. The van der Waals surface area contributed by atoms with Gasteiger partial charge < -0.3 is 25.8 Å². The molecule has 0 radical (unpaired) electrons. The number of amides is 1. The van der Waals surface area contributed by atoms with Crippen LogP contribution in [0.5, 0.6) is 11.5 Å². The third-order valence-electron chi connectivity index (χ3n) is 3.08. The van der Waals surface area contributed by atoms with E-state index in [0.29, 0.717) is 30.3 Å². The largest absolute Gasteiger partial charge is 0.457 e. The van der Waals surface area contributed by atoms with Crippen molar-refractivity contribution < 1.29 is 14.3 Å². The van der Waals surface area contributed by atoms with Gasteiger partial charge in [-0.3, -0.25) is 9.78 Å². The quantitative estimate of drug-likeness (QED) is 0.533. The summed E-state index contributed by atoms with van der Waals surface area (Å²) in [6, 6.07) is 8.58. The zero-order valence-corrected chi connectivity index (χ0v) is 13.1. The summed E-state index contributed by atoms with van der Waals surface area (Å²) in [5.74, 6) is 0.810. The molecular formula is C16H20N4O3. The summed E-state index contributed by atoms with van der Waals surface area (Å²) in [5, 5.41) is 5.69. The van der Waals surface area contributed by atoms with E-state index in [9.17, 15) is 4.79 Å². The minimum Gasteiger partial charge on any atom is -0.457 e. The zero-order chi connectivity index (χ0) is 16.7. The number of nitrogen functional groups attached to an aromatic ring is 1. The number of nitrogens with one attached hydrogen (secondary N) is 2. The van der Waals surface area contributed by atoms with Crippen LogP contribution in [-0.4, -0.2) is 38.2 Å². The Morgan fingerprint density at radius 2 is 2.04 bits per heavy atom. The third kappa shape index (κ3) is 4.58. The van der Waals surface area contributed by atoms with Crippen LogP contribution in [0.2, 0.25) is 0 Å². The molecule has 0 unspecified atom stereocenters. The molecule has 0 spiro atoms. The standard InChI is InChI=1S/C16H20N4O3/c1-18-14-4-3-11(9-13(14)17)23-12-5-6-19-15(10-12)16(21)20-7-8-22-2/h3-6,9-10,18H,7-8,17H2,1-2H3,(H,20,21). The summed E-state index contributed by atoms with van der Waals surface area (Å²) >= 11 is 0. The summed E-state index contributed by atoms with van der Waals surface area (Å²) in [4.78, 5) is 16.0. The van der Waals surface area contributed by atoms with E-state index >= 15 is 0 Å². The number of rotatable bonds is 7. The lowest BCUT2D eigenvalue weighted by atomic mass is 10.2. The van der Waals surface area contributed by atoms with Crippen molar-refractivity contribution in [2.45, 2.75) is 0 Å². The number of hydrogen-bond donors (Lipinski definition) is 3. The molecule has 4 N–H and O–H groups in total. The van der Waals surface area contributed by atoms with Crippen LogP contribution in [-0.2, 0) is 4.74 Å². The van der Waals surface area contributed by atoms with Crippen molar-refractivity contribution in [3.8, 4) is 11.5 Å². The molecule has 2 rings (SSSR count). The van der Waals surface area contributed by atoms with Gasteiger partial charge in [0.1, 0.15) is 17.2 Å². The molecule has 0 bridgehead atoms. The Bertz CT molecular complexity index is 676. The average molecular weight is 316 g/mol. The lowest BCUT2D eigenvalue weighted by Gasteiger charge is -2.10. The Balaban J connectivity index is 2.07.